The second-order valence-electron chi connectivity index (χ2n) is 6.02. The highest BCUT2D eigenvalue weighted by molar-refractivity contribution is 5.82. The van der Waals surface area contributed by atoms with Gasteiger partial charge in [-0.15, -0.1) is 0 Å². The lowest BCUT2D eigenvalue weighted by Gasteiger charge is -2.29. The summed E-state index contributed by atoms with van der Waals surface area (Å²) in [6.45, 7) is 6.29. The Morgan fingerprint density at radius 2 is 2.24 bits per heavy atom. The molecule has 1 saturated carbocycles. The zero-order valence-corrected chi connectivity index (χ0v) is 11.2. The number of carbonyl (C=O) groups is 1. The van der Waals surface area contributed by atoms with E-state index in [1.54, 1.807) is 0 Å². The van der Waals surface area contributed by atoms with Crippen molar-refractivity contribution in [2.75, 3.05) is 13.1 Å². The molecule has 0 bridgehead atoms. The van der Waals surface area contributed by atoms with Gasteiger partial charge in [0.1, 0.15) is 0 Å². The van der Waals surface area contributed by atoms with E-state index in [1.165, 1.54) is 38.5 Å². The fraction of sp³-hybridized carbons (Fsp3) is 0.929. The summed E-state index contributed by atoms with van der Waals surface area (Å²) in [5, 5.41) is 6.51. The predicted octanol–water partition coefficient (Wildman–Crippen LogP) is 2.07. The van der Waals surface area contributed by atoms with Gasteiger partial charge in [-0.3, -0.25) is 4.79 Å². The molecule has 1 heterocycles. The summed E-state index contributed by atoms with van der Waals surface area (Å²) in [4.78, 5) is 12.1. The monoisotopic (exact) mass is 238 g/mol. The van der Waals surface area contributed by atoms with Crippen LogP contribution in [0.4, 0.5) is 0 Å². The first-order chi connectivity index (χ1) is 8.17. The molecule has 0 spiro atoms. The molecule has 1 aliphatic carbocycles. The number of carbonyl (C=O) groups excluding carboxylic acids is 1. The van der Waals surface area contributed by atoms with Gasteiger partial charge in [-0.25, -0.2) is 0 Å². The first kappa shape index (κ1) is 12.9. The number of hydrogen-bond donors (Lipinski definition) is 2. The molecule has 17 heavy (non-hydrogen) atoms. The van der Waals surface area contributed by atoms with Crippen molar-refractivity contribution < 1.29 is 4.79 Å². The van der Waals surface area contributed by atoms with Crippen LogP contribution in [0.1, 0.15) is 52.4 Å². The van der Waals surface area contributed by atoms with Crippen molar-refractivity contribution in [3.8, 4) is 0 Å². The zero-order chi connectivity index (χ0) is 12.3. The van der Waals surface area contributed by atoms with Gasteiger partial charge in [0.25, 0.3) is 0 Å². The SMILES string of the molecule is CCCC1(CNC(=O)C2NCCCC2C)CC1. The van der Waals surface area contributed by atoms with Crippen LogP contribution < -0.4 is 10.6 Å². The zero-order valence-electron chi connectivity index (χ0n) is 11.2. The molecule has 2 aliphatic rings. The van der Waals surface area contributed by atoms with Crippen molar-refractivity contribution in [3.05, 3.63) is 0 Å². The number of rotatable bonds is 5. The Kier molecular flexibility index (Phi) is 4.08. The van der Waals surface area contributed by atoms with E-state index in [4.69, 9.17) is 0 Å². The van der Waals surface area contributed by atoms with E-state index in [-0.39, 0.29) is 11.9 Å². The largest absolute Gasteiger partial charge is 0.354 e. The third-order valence-corrected chi connectivity index (χ3v) is 4.43. The molecule has 0 aromatic rings. The summed E-state index contributed by atoms with van der Waals surface area (Å²) in [6, 6.07) is 0.0428. The minimum atomic E-state index is 0.0428. The van der Waals surface area contributed by atoms with Gasteiger partial charge in [0.15, 0.2) is 0 Å². The maximum Gasteiger partial charge on any atom is 0.237 e. The lowest BCUT2D eigenvalue weighted by Crippen LogP contribution is -2.51. The Labute approximate surface area is 105 Å². The van der Waals surface area contributed by atoms with Crippen LogP contribution in [-0.4, -0.2) is 25.0 Å². The Morgan fingerprint density at radius 1 is 1.47 bits per heavy atom. The molecule has 2 rings (SSSR count). The van der Waals surface area contributed by atoms with Crippen LogP contribution in [0.5, 0.6) is 0 Å². The van der Waals surface area contributed by atoms with Crippen molar-refractivity contribution in [2.45, 2.75) is 58.4 Å². The standard InChI is InChI=1S/C14H26N2O/c1-3-6-14(7-8-14)10-16-13(17)12-11(2)5-4-9-15-12/h11-12,15H,3-10H2,1-2H3,(H,16,17). The molecular weight excluding hydrogens is 212 g/mol. The average Bonchev–Trinajstić information content (AvgIpc) is 3.08. The van der Waals surface area contributed by atoms with Gasteiger partial charge in [0, 0.05) is 6.54 Å². The lowest BCUT2D eigenvalue weighted by molar-refractivity contribution is -0.125. The van der Waals surface area contributed by atoms with Crippen LogP contribution in [0, 0.1) is 11.3 Å². The molecule has 0 aromatic heterocycles. The topological polar surface area (TPSA) is 41.1 Å². The minimum Gasteiger partial charge on any atom is -0.354 e. The van der Waals surface area contributed by atoms with E-state index in [0.29, 0.717) is 11.3 Å². The summed E-state index contributed by atoms with van der Waals surface area (Å²) in [5.41, 5.74) is 0.461. The predicted molar refractivity (Wildman–Crippen MR) is 69.8 cm³/mol. The van der Waals surface area contributed by atoms with Crippen LogP contribution in [-0.2, 0) is 4.79 Å². The maximum absolute atomic E-state index is 12.1. The molecule has 2 N–H and O–H groups in total. The van der Waals surface area contributed by atoms with Crippen LogP contribution in [0.25, 0.3) is 0 Å². The maximum atomic E-state index is 12.1. The van der Waals surface area contributed by atoms with Crippen molar-refractivity contribution >= 4 is 5.91 Å². The van der Waals surface area contributed by atoms with E-state index in [9.17, 15) is 4.79 Å². The Hall–Kier alpha value is -0.570. The Balaban J connectivity index is 1.77. The summed E-state index contributed by atoms with van der Waals surface area (Å²) in [6.07, 6.45) is 7.47. The van der Waals surface area contributed by atoms with E-state index < -0.39 is 0 Å². The molecule has 2 fully saturated rings. The molecule has 0 radical (unpaired) electrons. The first-order valence-corrected chi connectivity index (χ1v) is 7.18. The molecule has 0 aromatic carbocycles. The summed E-state index contributed by atoms with van der Waals surface area (Å²) >= 11 is 0. The van der Waals surface area contributed by atoms with E-state index >= 15 is 0 Å². The quantitative estimate of drug-likeness (QED) is 0.770. The second kappa shape index (κ2) is 5.38. The molecule has 3 heteroatoms. The summed E-state index contributed by atoms with van der Waals surface area (Å²) in [5.74, 6) is 0.699. The molecule has 2 unspecified atom stereocenters. The Bertz CT molecular complexity index is 273. The van der Waals surface area contributed by atoms with Crippen LogP contribution in [0.2, 0.25) is 0 Å². The van der Waals surface area contributed by atoms with Gasteiger partial charge in [-0.1, -0.05) is 20.3 Å². The van der Waals surface area contributed by atoms with Crippen molar-refractivity contribution in [2.24, 2.45) is 11.3 Å². The molecule has 1 saturated heterocycles. The number of nitrogens with one attached hydrogen (secondary N) is 2. The fourth-order valence-corrected chi connectivity index (χ4v) is 3.01. The molecule has 98 valence electrons. The van der Waals surface area contributed by atoms with Gasteiger partial charge in [-0.2, -0.15) is 0 Å². The lowest BCUT2D eigenvalue weighted by atomic mass is 9.92. The van der Waals surface area contributed by atoms with Crippen molar-refractivity contribution in [3.63, 3.8) is 0 Å². The second-order valence-corrected chi connectivity index (χ2v) is 6.02. The Morgan fingerprint density at radius 3 is 2.82 bits per heavy atom. The van der Waals surface area contributed by atoms with Gasteiger partial charge >= 0.3 is 0 Å². The number of amides is 1. The van der Waals surface area contributed by atoms with E-state index in [1.807, 2.05) is 0 Å². The highest BCUT2D eigenvalue weighted by Crippen LogP contribution is 2.48. The molecule has 1 aliphatic heterocycles. The van der Waals surface area contributed by atoms with Crippen molar-refractivity contribution in [1.29, 1.82) is 0 Å². The van der Waals surface area contributed by atoms with Crippen LogP contribution in [0.3, 0.4) is 0 Å². The number of hydrogen-bond acceptors (Lipinski definition) is 2. The molecule has 3 nitrogen and oxygen atoms in total. The average molecular weight is 238 g/mol. The summed E-state index contributed by atoms with van der Waals surface area (Å²) < 4.78 is 0. The molecular formula is C14H26N2O. The highest BCUT2D eigenvalue weighted by Gasteiger charge is 2.42. The van der Waals surface area contributed by atoms with Gasteiger partial charge < -0.3 is 10.6 Å². The van der Waals surface area contributed by atoms with E-state index in [0.717, 1.165) is 13.1 Å². The van der Waals surface area contributed by atoms with Gasteiger partial charge in [-0.05, 0) is 50.0 Å². The van der Waals surface area contributed by atoms with Crippen molar-refractivity contribution in [1.82, 2.24) is 10.6 Å². The van der Waals surface area contributed by atoms with Gasteiger partial charge in [0.05, 0.1) is 6.04 Å². The molecule has 1 amide bonds. The third-order valence-electron chi connectivity index (χ3n) is 4.43. The van der Waals surface area contributed by atoms with E-state index in [2.05, 4.69) is 24.5 Å². The van der Waals surface area contributed by atoms with Gasteiger partial charge in [0.2, 0.25) is 5.91 Å². The normalized spacial score (nSPS) is 30.9. The summed E-state index contributed by atoms with van der Waals surface area (Å²) in [7, 11) is 0. The number of piperidine rings is 1. The highest BCUT2D eigenvalue weighted by atomic mass is 16.2. The smallest absolute Gasteiger partial charge is 0.237 e. The minimum absolute atomic E-state index is 0.0428. The molecule has 2 atom stereocenters. The van der Waals surface area contributed by atoms with Crippen LogP contribution in [0.15, 0.2) is 0 Å². The first-order valence-electron chi connectivity index (χ1n) is 7.18. The third kappa shape index (κ3) is 3.21. The fourth-order valence-electron chi connectivity index (χ4n) is 3.01. The van der Waals surface area contributed by atoms with Crippen LogP contribution >= 0.6 is 0 Å².